The molecule has 0 saturated carbocycles. The lowest BCUT2D eigenvalue weighted by Gasteiger charge is -2.03. The van der Waals surface area contributed by atoms with Crippen LogP contribution in [0.1, 0.15) is 10.4 Å². The zero-order valence-electron chi connectivity index (χ0n) is 10.7. The van der Waals surface area contributed by atoms with E-state index >= 15 is 0 Å². The topological polar surface area (TPSA) is 47.3 Å². The van der Waals surface area contributed by atoms with Crippen LogP contribution in [0.15, 0.2) is 47.8 Å². The average Bonchev–Trinajstić information content (AvgIpc) is 2.90. The second-order valence-corrected chi connectivity index (χ2v) is 6.03. The number of hydrogen-bond donors (Lipinski definition) is 0. The van der Waals surface area contributed by atoms with Crippen molar-refractivity contribution in [3.05, 3.63) is 58.2 Å². The molecule has 0 unspecified atom stereocenters. The first-order chi connectivity index (χ1) is 10.1. The van der Waals surface area contributed by atoms with Crippen molar-refractivity contribution < 1.29 is 4.79 Å². The predicted molar refractivity (Wildman–Crippen MR) is 84.5 cm³/mol. The van der Waals surface area contributed by atoms with Crippen molar-refractivity contribution in [2.45, 2.75) is 5.16 Å². The summed E-state index contributed by atoms with van der Waals surface area (Å²) in [5.41, 5.74) is 1.17. The maximum Gasteiger partial charge on any atom is 0.196 e. The quantitative estimate of drug-likeness (QED) is 0.533. The monoisotopic (exact) mass is 337 g/mol. The molecule has 3 aromatic rings. The van der Waals surface area contributed by atoms with Gasteiger partial charge in [0.2, 0.25) is 0 Å². The summed E-state index contributed by atoms with van der Waals surface area (Å²) in [5.74, 6) is 0.121. The molecule has 4 nitrogen and oxygen atoms in total. The van der Waals surface area contributed by atoms with Crippen LogP contribution in [0.2, 0.25) is 10.0 Å². The molecule has 0 N–H and O–H groups in total. The Labute approximate surface area is 135 Å². The lowest BCUT2D eigenvalue weighted by atomic mass is 10.1. The van der Waals surface area contributed by atoms with Gasteiger partial charge in [-0.1, -0.05) is 41.0 Å². The maximum absolute atomic E-state index is 12.2. The molecule has 1 aromatic carbocycles. The Morgan fingerprint density at radius 3 is 2.90 bits per heavy atom. The van der Waals surface area contributed by atoms with Gasteiger partial charge in [-0.2, -0.15) is 0 Å². The normalized spacial score (nSPS) is 11.0. The number of aromatic nitrogens is 3. The SMILES string of the molecule is O=C(CSc1nnc2ccccn12)c1cc(Cl)ccc1Cl. The van der Waals surface area contributed by atoms with Gasteiger partial charge in [0.1, 0.15) is 0 Å². The predicted octanol–water partition coefficient (Wildman–Crippen LogP) is 4.01. The van der Waals surface area contributed by atoms with Crippen molar-refractivity contribution in [2.75, 3.05) is 5.75 Å². The summed E-state index contributed by atoms with van der Waals surface area (Å²) in [5, 5.41) is 9.65. The van der Waals surface area contributed by atoms with E-state index in [9.17, 15) is 4.79 Å². The summed E-state index contributed by atoms with van der Waals surface area (Å²) < 4.78 is 1.83. The number of carbonyl (C=O) groups excluding carboxylic acids is 1. The summed E-state index contributed by atoms with van der Waals surface area (Å²) in [6.45, 7) is 0. The van der Waals surface area contributed by atoms with Crippen LogP contribution >= 0.6 is 35.0 Å². The Kier molecular flexibility index (Phi) is 4.14. The smallest absolute Gasteiger partial charge is 0.196 e. The van der Waals surface area contributed by atoms with E-state index < -0.39 is 0 Å². The van der Waals surface area contributed by atoms with Gasteiger partial charge in [-0.15, -0.1) is 10.2 Å². The number of carbonyl (C=O) groups is 1. The molecule has 0 fully saturated rings. The van der Waals surface area contributed by atoms with Crippen LogP contribution in [0.4, 0.5) is 0 Å². The first-order valence-corrected chi connectivity index (χ1v) is 7.80. The molecule has 0 bridgehead atoms. The lowest BCUT2D eigenvalue weighted by Crippen LogP contribution is -2.04. The molecule has 0 amide bonds. The number of Topliss-reactive ketones (excluding diaryl/α,β-unsaturated/α-hetero) is 1. The minimum atomic E-state index is -0.0971. The van der Waals surface area contributed by atoms with Crippen LogP contribution in [-0.4, -0.2) is 26.1 Å². The van der Waals surface area contributed by atoms with E-state index in [0.717, 1.165) is 5.65 Å². The highest BCUT2D eigenvalue weighted by Crippen LogP contribution is 2.24. The molecule has 0 aliphatic carbocycles. The van der Waals surface area contributed by atoms with E-state index in [1.165, 1.54) is 11.8 Å². The van der Waals surface area contributed by atoms with E-state index in [-0.39, 0.29) is 11.5 Å². The number of pyridine rings is 1. The van der Waals surface area contributed by atoms with E-state index in [4.69, 9.17) is 23.2 Å². The number of fused-ring (bicyclic) bond motifs is 1. The fraction of sp³-hybridized carbons (Fsp3) is 0.0714. The van der Waals surface area contributed by atoms with E-state index in [1.807, 2.05) is 28.8 Å². The number of rotatable bonds is 4. The highest BCUT2D eigenvalue weighted by atomic mass is 35.5. The van der Waals surface area contributed by atoms with Crippen LogP contribution in [0.3, 0.4) is 0 Å². The van der Waals surface area contributed by atoms with Gasteiger partial charge in [0.05, 0.1) is 10.8 Å². The molecule has 0 radical (unpaired) electrons. The Hall–Kier alpha value is -1.56. The van der Waals surface area contributed by atoms with Gasteiger partial charge in [0.15, 0.2) is 16.6 Å². The second-order valence-electron chi connectivity index (χ2n) is 4.25. The van der Waals surface area contributed by atoms with Crippen molar-refractivity contribution in [1.82, 2.24) is 14.6 Å². The molecule has 0 spiro atoms. The number of thioether (sulfide) groups is 1. The summed E-state index contributed by atoms with van der Waals surface area (Å²) >= 11 is 13.2. The van der Waals surface area contributed by atoms with Crippen LogP contribution in [0, 0.1) is 0 Å². The van der Waals surface area contributed by atoms with Gasteiger partial charge in [-0.25, -0.2) is 0 Å². The highest BCUT2D eigenvalue weighted by molar-refractivity contribution is 7.99. The standard InChI is InChI=1S/C14H9Cl2N3OS/c15-9-4-5-11(16)10(7-9)12(20)8-21-14-18-17-13-3-1-2-6-19(13)14/h1-7H,8H2. The van der Waals surface area contributed by atoms with Gasteiger partial charge in [-0.3, -0.25) is 9.20 Å². The van der Waals surface area contributed by atoms with E-state index in [2.05, 4.69) is 10.2 Å². The van der Waals surface area contributed by atoms with Crippen LogP contribution < -0.4 is 0 Å². The van der Waals surface area contributed by atoms with Gasteiger partial charge < -0.3 is 0 Å². The fourth-order valence-corrected chi connectivity index (χ4v) is 3.04. The van der Waals surface area contributed by atoms with Crippen LogP contribution in [0.5, 0.6) is 0 Å². The van der Waals surface area contributed by atoms with E-state index in [0.29, 0.717) is 20.8 Å². The minimum absolute atomic E-state index is 0.0971. The Balaban J connectivity index is 1.78. The number of hydrogen-bond acceptors (Lipinski definition) is 4. The third-order valence-electron chi connectivity index (χ3n) is 2.84. The van der Waals surface area contributed by atoms with Crippen molar-refractivity contribution >= 4 is 46.4 Å². The number of nitrogens with zero attached hydrogens (tertiary/aromatic N) is 3. The summed E-state index contributed by atoms with van der Waals surface area (Å²) in [4.78, 5) is 12.2. The largest absolute Gasteiger partial charge is 0.293 e. The molecule has 0 aliphatic rings. The molecular weight excluding hydrogens is 329 g/mol. The first-order valence-electron chi connectivity index (χ1n) is 6.06. The number of benzene rings is 1. The number of halogens is 2. The molecular formula is C14H9Cl2N3OS. The second kappa shape index (κ2) is 6.05. The summed E-state index contributed by atoms with van der Waals surface area (Å²) in [7, 11) is 0. The Morgan fingerprint density at radius 1 is 1.19 bits per heavy atom. The highest BCUT2D eigenvalue weighted by Gasteiger charge is 2.13. The molecule has 0 aliphatic heterocycles. The molecule has 2 heterocycles. The molecule has 0 atom stereocenters. The minimum Gasteiger partial charge on any atom is -0.293 e. The fourth-order valence-electron chi connectivity index (χ4n) is 1.84. The Morgan fingerprint density at radius 2 is 2.05 bits per heavy atom. The molecule has 0 saturated heterocycles. The van der Waals surface area contributed by atoms with Crippen LogP contribution in [0.25, 0.3) is 5.65 Å². The summed E-state index contributed by atoms with van der Waals surface area (Å²) in [6, 6.07) is 10.5. The third kappa shape index (κ3) is 3.05. The zero-order valence-corrected chi connectivity index (χ0v) is 13.0. The molecule has 106 valence electrons. The van der Waals surface area contributed by atoms with Crippen molar-refractivity contribution in [3.8, 4) is 0 Å². The summed E-state index contributed by atoms with van der Waals surface area (Å²) in [6.07, 6.45) is 1.86. The molecule has 2 aromatic heterocycles. The molecule has 21 heavy (non-hydrogen) atoms. The van der Waals surface area contributed by atoms with Gasteiger partial charge in [0, 0.05) is 16.8 Å². The first kappa shape index (κ1) is 14.4. The number of ketones is 1. The molecule has 3 rings (SSSR count). The van der Waals surface area contributed by atoms with Crippen molar-refractivity contribution in [2.24, 2.45) is 0 Å². The maximum atomic E-state index is 12.2. The zero-order chi connectivity index (χ0) is 14.8. The van der Waals surface area contributed by atoms with Gasteiger partial charge in [-0.05, 0) is 30.3 Å². The van der Waals surface area contributed by atoms with Crippen molar-refractivity contribution in [1.29, 1.82) is 0 Å². The lowest BCUT2D eigenvalue weighted by molar-refractivity contribution is 0.102. The van der Waals surface area contributed by atoms with Gasteiger partial charge in [0.25, 0.3) is 0 Å². The van der Waals surface area contributed by atoms with E-state index in [1.54, 1.807) is 18.2 Å². The Bertz CT molecular complexity index is 819. The van der Waals surface area contributed by atoms with Crippen LogP contribution in [-0.2, 0) is 0 Å². The molecule has 7 heteroatoms. The van der Waals surface area contributed by atoms with Crippen molar-refractivity contribution in [3.63, 3.8) is 0 Å². The third-order valence-corrected chi connectivity index (χ3v) is 4.35. The average molecular weight is 338 g/mol. The van der Waals surface area contributed by atoms with Gasteiger partial charge >= 0.3 is 0 Å².